The first-order valence-electron chi connectivity index (χ1n) is 15.6. The average Bonchev–Trinajstić information content (AvgIpc) is 2.91. The second kappa shape index (κ2) is 19.1. The number of amides is 4. The molecule has 4 amide bonds. The van der Waals surface area contributed by atoms with E-state index in [0.717, 1.165) is 33.8 Å². The van der Waals surface area contributed by atoms with Gasteiger partial charge < -0.3 is 44.2 Å². The summed E-state index contributed by atoms with van der Waals surface area (Å²) in [6, 6.07) is -2.94. The van der Waals surface area contributed by atoms with E-state index in [2.05, 4.69) is 26.3 Å². The molecule has 286 valence electrons. The number of aliphatic imine (C=N–C) groups is 1. The Morgan fingerprint density at radius 1 is 0.843 bits per heavy atom. The first-order chi connectivity index (χ1) is 23.4. The van der Waals surface area contributed by atoms with Crippen molar-refractivity contribution in [3.63, 3.8) is 0 Å². The number of carboxylic acids is 1. The number of rotatable bonds is 12. The van der Waals surface area contributed by atoms with Crippen molar-refractivity contribution in [1.82, 2.24) is 21.3 Å². The van der Waals surface area contributed by atoms with Gasteiger partial charge in [-0.3, -0.25) is 39.4 Å². The summed E-state index contributed by atoms with van der Waals surface area (Å²) >= 11 is 0. The van der Waals surface area contributed by atoms with Crippen molar-refractivity contribution in [1.29, 1.82) is 0 Å². The van der Waals surface area contributed by atoms with Crippen LogP contribution < -0.4 is 21.3 Å². The third kappa shape index (κ3) is 17.7. The van der Waals surface area contributed by atoms with E-state index in [-0.39, 0.29) is 6.54 Å². The highest BCUT2D eigenvalue weighted by molar-refractivity contribution is 6.01. The number of carbonyl (C=O) groups is 8. The Morgan fingerprint density at radius 3 is 1.80 bits per heavy atom. The van der Waals surface area contributed by atoms with Crippen LogP contribution in [0.1, 0.15) is 75.7 Å². The molecule has 0 aliphatic carbocycles. The highest BCUT2D eigenvalue weighted by Gasteiger charge is 2.48. The number of ether oxygens (including phenoxy) is 6. The van der Waals surface area contributed by atoms with Crippen LogP contribution in [0.2, 0.25) is 0 Å². The van der Waals surface area contributed by atoms with Gasteiger partial charge in [0.2, 0.25) is 11.9 Å². The standard InChI is InChI=1S/C31H47N5O15/c1-15(37)33-23-19(34-27(35-28(44)50-30(5,6)7)36-29(45)51-31(8,9)10)13-20(26(43)32-12-11-22(41)42)49-25(23)24(48-18(4)40)21(47-17(3)39)14-46-16(2)38/h13,19,21,23-25H,11-12,14H2,1-10H3,(H,32,43)(H,33,37)(H,41,42)(H2,34,35,36,44,45)/t19-,21+,23+,24+,25+/m0/s1. The first-order valence-corrected chi connectivity index (χ1v) is 15.6. The maximum atomic E-state index is 13.3. The molecule has 0 spiro atoms. The number of nitrogens with one attached hydrogen (secondary N) is 4. The largest absolute Gasteiger partial charge is 0.481 e. The molecule has 5 atom stereocenters. The van der Waals surface area contributed by atoms with Gasteiger partial charge >= 0.3 is 36.1 Å². The predicted molar refractivity (Wildman–Crippen MR) is 174 cm³/mol. The van der Waals surface area contributed by atoms with Crippen LogP contribution in [0, 0.1) is 0 Å². The molecule has 1 aliphatic heterocycles. The fraction of sp³-hybridized carbons (Fsp3) is 0.645. The average molecular weight is 730 g/mol. The molecule has 1 heterocycles. The molecule has 0 fully saturated rings. The van der Waals surface area contributed by atoms with Gasteiger partial charge in [-0.15, -0.1) is 0 Å². The number of nitrogens with zero attached hydrogens (tertiary/aromatic N) is 1. The van der Waals surface area contributed by atoms with Crippen LogP contribution in [-0.2, 0) is 57.2 Å². The van der Waals surface area contributed by atoms with Crippen molar-refractivity contribution in [3.8, 4) is 0 Å². The highest BCUT2D eigenvalue weighted by atomic mass is 16.6. The predicted octanol–water partition coefficient (Wildman–Crippen LogP) is 0.565. The van der Waals surface area contributed by atoms with Gasteiger partial charge in [0.1, 0.15) is 17.8 Å². The number of hydrogen-bond donors (Lipinski definition) is 5. The molecule has 0 aromatic carbocycles. The summed E-state index contributed by atoms with van der Waals surface area (Å²) in [7, 11) is 0. The lowest BCUT2D eigenvalue weighted by molar-refractivity contribution is -0.187. The molecule has 51 heavy (non-hydrogen) atoms. The van der Waals surface area contributed by atoms with E-state index in [1.165, 1.54) is 0 Å². The van der Waals surface area contributed by atoms with Gasteiger partial charge in [0, 0.05) is 34.2 Å². The zero-order valence-electron chi connectivity index (χ0n) is 30.2. The topological polar surface area (TPSA) is 273 Å². The quantitative estimate of drug-likeness (QED) is 0.0795. The van der Waals surface area contributed by atoms with Crippen molar-refractivity contribution < 1.29 is 71.9 Å². The van der Waals surface area contributed by atoms with E-state index in [4.69, 9.17) is 33.5 Å². The molecule has 20 heteroatoms. The van der Waals surface area contributed by atoms with Crippen molar-refractivity contribution in [2.45, 2.75) is 117 Å². The number of carboxylic acid groups (broad SMARTS) is 1. The van der Waals surface area contributed by atoms with Gasteiger partial charge in [-0.2, -0.15) is 0 Å². The normalized spacial score (nSPS) is 18.1. The molecule has 0 saturated heterocycles. The van der Waals surface area contributed by atoms with E-state index >= 15 is 0 Å². The van der Waals surface area contributed by atoms with Crippen LogP contribution in [0.25, 0.3) is 0 Å². The Kier molecular flexibility index (Phi) is 16.3. The summed E-state index contributed by atoms with van der Waals surface area (Å²) in [5, 5.41) is 18.5. The van der Waals surface area contributed by atoms with Crippen LogP contribution in [0.3, 0.4) is 0 Å². The van der Waals surface area contributed by atoms with Crippen molar-refractivity contribution in [3.05, 3.63) is 11.8 Å². The minimum atomic E-state index is -1.73. The lowest BCUT2D eigenvalue weighted by atomic mass is 9.91. The Morgan fingerprint density at radius 2 is 1.37 bits per heavy atom. The van der Waals surface area contributed by atoms with Gasteiger partial charge in [-0.1, -0.05) is 0 Å². The number of aliphatic carboxylic acids is 1. The molecular weight excluding hydrogens is 682 g/mol. The number of alkyl carbamates (subject to hydrolysis) is 2. The molecule has 0 saturated carbocycles. The number of hydrogen-bond acceptors (Lipinski definition) is 15. The smallest absolute Gasteiger partial charge is 0.414 e. The highest BCUT2D eigenvalue weighted by Crippen LogP contribution is 2.28. The minimum Gasteiger partial charge on any atom is -0.481 e. The Balaban J connectivity index is 4.03. The molecule has 0 bridgehead atoms. The second-order valence-electron chi connectivity index (χ2n) is 13.0. The van der Waals surface area contributed by atoms with E-state index in [0.29, 0.717) is 0 Å². The summed E-state index contributed by atoms with van der Waals surface area (Å²) in [6.07, 6.45) is -6.57. The van der Waals surface area contributed by atoms with Crippen LogP contribution in [0.4, 0.5) is 9.59 Å². The van der Waals surface area contributed by atoms with E-state index in [1.807, 2.05) is 0 Å². The van der Waals surface area contributed by atoms with Crippen LogP contribution in [-0.4, -0.2) is 114 Å². The Labute approximate surface area is 294 Å². The summed E-state index contributed by atoms with van der Waals surface area (Å²) < 4.78 is 32.3. The fourth-order valence-corrected chi connectivity index (χ4v) is 4.20. The number of esters is 3. The minimum absolute atomic E-state index is 0.357. The second-order valence-corrected chi connectivity index (χ2v) is 13.0. The SMILES string of the molecule is CC(=O)N[C@H]1[C@H]([C@H](OC(C)=O)[C@@H](COC(C)=O)OC(C)=O)OC(C(=O)NCCC(=O)O)=C[C@@H]1N=C(NC(=O)OC(C)(C)C)NC(=O)OC(C)(C)C. The third-order valence-electron chi connectivity index (χ3n) is 5.80. The molecule has 20 nitrogen and oxygen atoms in total. The first kappa shape index (κ1) is 43.6. The molecule has 1 aliphatic rings. The molecule has 1 rings (SSSR count). The Hall–Kier alpha value is -5.43. The van der Waals surface area contributed by atoms with Crippen molar-refractivity contribution in [2.75, 3.05) is 13.2 Å². The maximum Gasteiger partial charge on any atom is 0.414 e. The van der Waals surface area contributed by atoms with Gasteiger partial charge in [-0.25, -0.2) is 14.6 Å². The Bertz CT molecular complexity index is 1360. The van der Waals surface area contributed by atoms with Gasteiger partial charge in [0.15, 0.2) is 24.1 Å². The van der Waals surface area contributed by atoms with Crippen LogP contribution >= 0.6 is 0 Å². The molecular formula is C31H47N5O15. The summed E-state index contributed by atoms with van der Waals surface area (Å²) in [4.78, 5) is 103. The summed E-state index contributed by atoms with van der Waals surface area (Å²) in [5.74, 6) is -6.73. The third-order valence-corrected chi connectivity index (χ3v) is 5.80. The molecule has 0 aromatic rings. The van der Waals surface area contributed by atoms with Crippen LogP contribution in [0.5, 0.6) is 0 Å². The number of carbonyl (C=O) groups excluding carboxylic acids is 7. The van der Waals surface area contributed by atoms with E-state index in [1.54, 1.807) is 41.5 Å². The summed E-state index contributed by atoms with van der Waals surface area (Å²) in [6.45, 7) is 12.6. The summed E-state index contributed by atoms with van der Waals surface area (Å²) in [5.41, 5.74) is -2.01. The lowest BCUT2D eigenvalue weighted by Gasteiger charge is -2.41. The van der Waals surface area contributed by atoms with Gasteiger partial charge in [0.25, 0.3) is 5.91 Å². The molecule has 5 N–H and O–H groups in total. The number of guanidine groups is 1. The lowest BCUT2D eigenvalue weighted by Crippen LogP contribution is -2.61. The maximum absolute atomic E-state index is 13.3. The van der Waals surface area contributed by atoms with E-state index < -0.39 is 114 Å². The fourth-order valence-electron chi connectivity index (χ4n) is 4.20. The molecule has 0 radical (unpaired) electrons. The van der Waals surface area contributed by atoms with Crippen molar-refractivity contribution >= 4 is 53.8 Å². The molecule has 0 aromatic heterocycles. The monoisotopic (exact) mass is 729 g/mol. The zero-order valence-corrected chi connectivity index (χ0v) is 30.2. The van der Waals surface area contributed by atoms with E-state index in [9.17, 15) is 38.4 Å². The van der Waals surface area contributed by atoms with Crippen LogP contribution in [0.15, 0.2) is 16.8 Å². The van der Waals surface area contributed by atoms with Gasteiger partial charge in [-0.05, 0) is 47.6 Å². The zero-order chi connectivity index (χ0) is 39.3. The molecule has 0 unspecified atom stereocenters. The van der Waals surface area contributed by atoms with Gasteiger partial charge in [0.05, 0.1) is 18.5 Å². The van der Waals surface area contributed by atoms with Crippen molar-refractivity contribution in [2.24, 2.45) is 4.99 Å².